The van der Waals surface area contributed by atoms with Crippen LogP contribution in [-0.2, 0) is 9.31 Å². The number of rotatable bonds is 2. The summed E-state index contributed by atoms with van der Waals surface area (Å²) in [4.78, 5) is 3.98. The molecule has 0 saturated carbocycles. The first-order valence-corrected chi connectivity index (χ1v) is 5.90. The zero-order chi connectivity index (χ0) is 13.6. The molecule has 0 aromatic carbocycles. The van der Waals surface area contributed by atoms with Gasteiger partial charge in [0, 0.05) is 11.7 Å². The predicted molar refractivity (Wildman–Crippen MR) is 69.3 cm³/mol. The Bertz CT molecular complexity index is 472. The first kappa shape index (κ1) is 13.2. The average Bonchev–Trinajstić information content (AvgIpc) is 2.48. The summed E-state index contributed by atoms with van der Waals surface area (Å²) >= 11 is 0. The summed E-state index contributed by atoms with van der Waals surface area (Å²) in [5, 5.41) is 0. The highest BCUT2D eigenvalue weighted by molar-refractivity contribution is 6.68. The fourth-order valence-electron chi connectivity index (χ4n) is 1.72. The van der Waals surface area contributed by atoms with Crippen LogP contribution in [0.25, 0.3) is 5.47 Å². The number of hydrogen-bond acceptors (Lipinski definition) is 3. The largest absolute Gasteiger partial charge is 0.496 e. The van der Waals surface area contributed by atoms with E-state index in [1.54, 1.807) is 0 Å². The third kappa shape index (κ3) is 2.08. The minimum Gasteiger partial charge on any atom is -0.399 e. The third-order valence-electron chi connectivity index (χ3n) is 3.60. The van der Waals surface area contributed by atoms with Crippen LogP contribution in [0.2, 0.25) is 0 Å². The molecule has 96 valence electrons. The number of halogens is 1. The summed E-state index contributed by atoms with van der Waals surface area (Å²) in [6, 6.07) is 2.88. The van der Waals surface area contributed by atoms with E-state index in [1.807, 2.05) is 27.7 Å². The van der Waals surface area contributed by atoms with Crippen molar-refractivity contribution in [2.75, 3.05) is 0 Å². The fourth-order valence-corrected chi connectivity index (χ4v) is 1.72. The summed E-state index contributed by atoms with van der Waals surface area (Å²) in [5.74, 6) is -0.419. The van der Waals surface area contributed by atoms with E-state index < -0.39 is 24.1 Å². The van der Waals surface area contributed by atoms with Gasteiger partial charge in [0.15, 0.2) is 0 Å². The van der Waals surface area contributed by atoms with E-state index in [0.717, 1.165) is 0 Å². The molecule has 0 amide bonds. The molecule has 1 aromatic rings. The van der Waals surface area contributed by atoms with Gasteiger partial charge in [-0.3, -0.25) is 4.98 Å². The third-order valence-corrected chi connectivity index (χ3v) is 3.60. The van der Waals surface area contributed by atoms with E-state index in [1.165, 1.54) is 18.3 Å². The van der Waals surface area contributed by atoms with Crippen LogP contribution >= 0.6 is 0 Å². The van der Waals surface area contributed by atoms with Gasteiger partial charge in [-0.15, -0.1) is 0 Å². The maximum Gasteiger partial charge on any atom is 0.496 e. The lowest BCUT2D eigenvalue weighted by Crippen LogP contribution is -2.41. The molecule has 1 aliphatic heterocycles. The van der Waals surface area contributed by atoms with Crippen molar-refractivity contribution in [1.29, 1.82) is 0 Å². The Morgan fingerprint density at radius 3 is 2.33 bits per heavy atom. The SMILES string of the molecule is C=C(B1OC(C)(C)C(C)(C)O1)c1ncccc1F. The molecule has 2 heterocycles. The molecule has 0 N–H and O–H groups in total. The molecular weight excluding hydrogens is 232 g/mol. The van der Waals surface area contributed by atoms with Crippen molar-refractivity contribution in [2.24, 2.45) is 0 Å². The van der Waals surface area contributed by atoms with Crippen LogP contribution < -0.4 is 0 Å². The second-order valence-electron chi connectivity index (χ2n) is 5.45. The van der Waals surface area contributed by atoms with Gasteiger partial charge >= 0.3 is 7.12 Å². The summed E-state index contributed by atoms with van der Waals surface area (Å²) in [5.41, 5.74) is -0.333. The molecular formula is C13H17BFNO2. The average molecular weight is 249 g/mol. The topological polar surface area (TPSA) is 31.4 Å². The van der Waals surface area contributed by atoms with Gasteiger partial charge in [-0.1, -0.05) is 6.58 Å². The van der Waals surface area contributed by atoms with E-state index in [-0.39, 0.29) is 5.69 Å². The van der Waals surface area contributed by atoms with Crippen molar-refractivity contribution < 1.29 is 13.7 Å². The molecule has 1 fully saturated rings. The predicted octanol–water partition coefficient (Wildman–Crippen LogP) is 2.87. The number of aromatic nitrogens is 1. The first-order valence-electron chi connectivity index (χ1n) is 5.90. The minimum atomic E-state index is -0.667. The van der Waals surface area contributed by atoms with Crippen molar-refractivity contribution in [2.45, 2.75) is 38.9 Å². The Labute approximate surface area is 107 Å². The number of pyridine rings is 1. The molecule has 1 saturated heterocycles. The lowest BCUT2D eigenvalue weighted by molar-refractivity contribution is 0.00578. The van der Waals surface area contributed by atoms with Crippen LogP contribution in [0.4, 0.5) is 4.39 Å². The van der Waals surface area contributed by atoms with Crippen LogP contribution in [0.1, 0.15) is 33.4 Å². The lowest BCUT2D eigenvalue weighted by atomic mass is 9.77. The van der Waals surface area contributed by atoms with Crippen LogP contribution in [-0.4, -0.2) is 23.3 Å². The second kappa shape index (κ2) is 4.18. The molecule has 0 atom stereocenters. The summed E-state index contributed by atoms with van der Waals surface area (Å²) in [7, 11) is -0.667. The highest BCUT2D eigenvalue weighted by Gasteiger charge is 2.52. The van der Waals surface area contributed by atoms with Crippen LogP contribution in [0, 0.1) is 5.82 Å². The van der Waals surface area contributed by atoms with Crippen molar-refractivity contribution in [1.82, 2.24) is 4.98 Å². The Kier molecular flexibility index (Phi) is 3.07. The van der Waals surface area contributed by atoms with E-state index in [2.05, 4.69) is 11.6 Å². The molecule has 0 aliphatic carbocycles. The zero-order valence-electron chi connectivity index (χ0n) is 11.2. The van der Waals surface area contributed by atoms with E-state index >= 15 is 0 Å². The Balaban J connectivity index is 2.26. The number of nitrogens with zero attached hydrogens (tertiary/aromatic N) is 1. The highest BCUT2D eigenvalue weighted by Crippen LogP contribution is 2.39. The van der Waals surface area contributed by atoms with Gasteiger partial charge in [-0.2, -0.15) is 0 Å². The molecule has 0 bridgehead atoms. The van der Waals surface area contributed by atoms with Crippen LogP contribution in [0.3, 0.4) is 0 Å². The van der Waals surface area contributed by atoms with Crippen molar-refractivity contribution in [3.63, 3.8) is 0 Å². The molecule has 0 unspecified atom stereocenters. The van der Waals surface area contributed by atoms with Crippen molar-refractivity contribution in [3.05, 3.63) is 36.4 Å². The van der Waals surface area contributed by atoms with Gasteiger partial charge in [0.05, 0.1) is 16.9 Å². The molecule has 2 rings (SSSR count). The Hall–Kier alpha value is -1.20. The summed E-state index contributed by atoms with van der Waals surface area (Å²) < 4.78 is 25.3. The minimum absolute atomic E-state index is 0.191. The zero-order valence-corrected chi connectivity index (χ0v) is 11.2. The maximum atomic E-state index is 13.6. The quantitative estimate of drug-likeness (QED) is 0.755. The Morgan fingerprint density at radius 2 is 1.83 bits per heavy atom. The number of hydrogen-bond donors (Lipinski definition) is 0. The van der Waals surface area contributed by atoms with Gasteiger partial charge < -0.3 is 9.31 Å². The fraction of sp³-hybridized carbons (Fsp3) is 0.462. The van der Waals surface area contributed by atoms with E-state index in [0.29, 0.717) is 5.47 Å². The first-order chi connectivity index (χ1) is 8.24. The molecule has 0 radical (unpaired) electrons. The van der Waals surface area contributed by atoms with E-state index in [9.17, 15) is 4.39 Å². The second-order valence-corrected chi connectivity index (χ2v) is 5.45. The maximum absolute atomic E-state index is 13.6. The van der Waals surface area contributed by atoms with Crippen molar-refractivity contribution in [3.8, 4) is 0 Å². The smallest absolute Gasteiger partial charge is 0.399 e. The van der Waals surface area contributed by atoms with Crippen LogP contribution in [0.15, 0.2) is 24.9 Å². The van der Waals surface area contributed by atoms with Gasteiger partial charge in [-0.05, 0) is 39.8 Å². The molecule has 1 aromatic heterocycles. The molecule has 0 spiro atoms. The highest BCUT2D eigenvalue weighted by atomic mass is 19.1. The van der Waals surface area contributed by atoms with E-state index in [4.69, 9.17) is 9.31 Å². The molecule has 18 heavy (non-hydrogen) atoms. The van der Waals surface area contributed by atoms with Gasteiger partial charge in [0.25, 0.3) is 0 Å². The molecule has 5 heteroatoms. The van der Waals surface area contributed by atoms with Gasteiger partial charge in [0.2, 0.25) is 0 Å². The molecule has 1 aliphatic rings. The Morgan fingerprint density at radius 1 is 1.28 bits per heavy atom. The monoisotopic (exact) mass is 249 g/mol. The summed E-state index contributed by atoms with van der Waals surface area (Å²) in [6.45, 7) is 11.6. The normalized spacial score (nSPS) is 21.1. The van der Waals surface area contributed by atoms with Crippen molar-refractivity contribution >= 4 is 12.6 Å². The standard InChI is InChI=1S/C13H17BFNO2/c1-9(11-10(15)7-6-8-16-11)14-17-12(2,3)13(4,5)18-14/h6-8H,1H2,2-5H3. The lowest BCUT2D eigenvalue weighted by Gasteiger charge is -2.32. The van der Waals surface area contributed by atoms with Gasteiger partial charge in [0.1, 0.15) is 5.82 Å². The van der Waals surface area contributed by atoms with Crippen LogP contribution in [0.5, 0.6) is 0 Å². The summed E-state index contributed by atoms with van der Waals surface area (Å²) in [6.07, 6.45) is 1.52. The van der Waals surface area contributed by atoms with Gasteiger partial charge in [-0.25, -0.2) is 4.39 Å². The molecule has 3 nitrogen and oxygen atoms in total.